The Morgan fingerprint density at radius 2 is 2.17 bits per heavy atom. The molecule has 2 heterocycles. The number of likely N-dealkylation sites (tertiary alicyclic amines) is 1. The Balaban J connectivity index is 1.41. The molecule has 1 aromatic heterocycles. The lowest BCUT2D eigenvalue weighted by molar-refractivity contribution is -0.116. The van der Waals surface area contributed by atoms with Crippen LogP contribution in [0.2, 0.25) is 0 Å². The van der Waals surface area contributed by atoms with E-state index in [0.717, 1.165) is 32.5 Å². The van der Waals surface area contributed by atoms with Crippen LogP contribution < -0.4 is 5.32 Å². The van der Waals surface area contributed by atoms with E-state index < -0.39 is 0 Å². The highest BCUT2D eigenvalue weighted by Crippen LogP contribution is 2.23. The lowest BCUT2D eigenvalue weighted by Crippen LogP contribution is -2.40. The van der Waals surface area contributed by atoms with E-state index in [4.69, 9.17) is 0 Å². The Hall–Kier alpha value is -1.13. The average molecular weight is 333 g/mol. The van der Waals surface area contributed by atoms with E-state index in [1.165, 1.54) is 49.1 Å². The van der Waals surface area contributed by atoms with Gasteiger partial charge in [-0.3, -0.25) is 9.69 Å². The molecule has 1 N–H and O–H groups in total. The molecule has 4 heteroatoms. The number of thiophene rings is 1. The van der Waals surface area contributed by atoms with Crippen LogP contribution in [0, 0.1) is 5.92 Å². The summed E-state index contributed by atoms with van der Waals surface area (Å²) >= 11 is 1.84. The second-order valence-corrected chi connectivity index (χ2v) is 7.96. The molecule has 126 valence electrons. The van der Waals surface area contributed by atoms with Crippen molar-refractivity contribution in [2.75, 3.05) is 19.6 Å². The summed E-state index contributed by atoms with van der Waals surface area (Å²) in [5.74, 6) is 0.717. The van der Waals surface area contributed by atoms with Gasteiger partial charge < -0.3 is 5.32 Å². The van der Waals surface area contributed by atoms with Crippen molar-refractivity contribution in [1.29, 1.82) is 0 Å². The maximum atomic E-state index is 12.1. The third-order valence-electron chi connectivity index (χ3n) is 4.96. The van der Waals surface area contributed by atoms with Crippen molar-refractivity contribution in [2.45, 2.75) is 51.5 Å². The van der Waals surface area contributed by atoms with E-state index in [2.05, 4.69) is 27.7 Å². The van der Waals surface area contributed by atoms with Gasteiger partial charge in [0.2, 0.25) is 5.91 Å². The molecule has 1 aromatic rings. The summed E-state index contributed by atoms with van der Waals surface area (Å²) in [6.07, 6.45) is 10.4. The zero-order chi connectivity index (χ0) is 15.9. The lowest BCUT2D eigenvalue weighted by Gasteiger charge is -2.32. The van der Waals surface area contributed by atoms with E-state index in [0.29, 0.717) is 5.92 Å². The van der Waals surface area contributed by atoms with Crippen LogP contribution in [0.1, 0.15) is 49.8 Å². The lowest BCUT2D eigenvalue weighted by atomic mass is 9.94. The first-order valence-corrected chi connectivity index (χ1v) is 9.89. The van der Waals surface area contributed by atoms with Crippen molar-refractivity contribution in [3.8, 4) is 0 Å². The first-order valence-electron chi connectivity index (χ1n) is 9.01. The maximum Gasteiger partial charge on any atom is 0.243 e. The van der Waals surface area contributed by atoms with Crippen LogP contribution in [-0.2, 0) is 11.3 Å². The number of piperidine rings is 1. The Morgan fingerprint density at radius 3 is 2.96 bits per heavy atom. The van der Waals surface area contributed by atoms with Gasteiger partial charge in [0.1, 0.15) is 0 Å². The van der Waals surface area contributed by atoms with Crippen molar-refractivity contribution in [2.24, 2.45) is 5.92 Å². The number of hydrogen-bond acceptors (Lipinski definition) is 3. The number of carbonyl (C=O) groups excluding carboxylic acids is 1. The summed E-state index contributed by atoms with van der Waals surface area (Å²) in [6.45, 7) is 4.18. The first kappa shape index (κ1) is 16.7. The smallest absolute Gasteiger partial charge is 0.243 e. The standard InChI is InChI=1S/C19H28N2OS/c22-19(12-16-6-2-1-3-7-16)20-13-17-8-4-10-21(14-17)15-18-9-5-11-23-18/h5,9,11-12,17H,1-4,6-8,10,13-15H2,(H,20,22). The fraction of sp³-hybridized carbons (Fsp3) is 0.632. The third kappa shape index (κ3) is 5.47. The van der Waals surface area contributed by atoms with Crippen LogP contribution in [0.4, 0.5) is 0 Å². The normalized spacial score (nSPS) is 22.8. The highest BCUT2D eigenvalue weighted by Gasteiger charge is 2.20. The molecule has 2 aliphatic rings. The molecule has 2 fully saturated rings. The summed E-state index contributed by atoms with van der Waals surface area (Å²) in [4.78, 5) is 16.1. The van der Waals surface area contributed by atoms with Crippen molar-refractivity contribution in [3.63, 3.8) is 0 Å². The van der Waals surface area contributed by atoms with Gasteiger partial charge in [-0.25, -0.2) is 0 Å². The zero-order valence-corrected chi connectivity index (χ0v) is 14.7. The minimum absolute atomic E-state index is 0.122. The molecule has 1 saturated carbocycles. The van der Waals surface area contributed by atoms with Gasteiger partial charge in [0.25, 0.3) is 0 Å². The molecule has 1 atom stereocenters. The number of carbonyl (C=O) groups is 1. The highest BCUT2D eigenvalue weighted by molar-refractivity contribution is 7.09. The first-order chi connectivity index (χ1) is 11.3. The molecule has 1 unspecified atom stereocenters. The summed E-state index contributed by atoms with van der Waals surface area (Å²) in [7, 11) is 0. The van der Waals surface area contributed by atoms with Crippen LogP contribution in [0.5, 0.6) is 0 Å². The minimum atomic E-state index is 0.122. The van der Waals surface area contributed by atoms with Gasteiger partial charge in [-0.2, -0.15) is 0 Å². The van der Waals surface area contributed by atoms with Crippen LogP contribution >= 0.6 is 11.3 Å². The number of rotatable bonds is 5. The largest absolute Gasteiger partial charge is 0.352 e. The van der Waals surface area contributed by atoms with Crippen molar-refractivity contribution in [3.05, 3.63) is 34.0 Å². The van der Waals surface area contributed by atoms with Gasteiger partial charge in [-0.05, 0) is 62.4 Å². The van der Waals surface area contributed by atoms with E-state index in [-0.39, 0.29) is 5.91 Å². The average Bonchev–Trinajstić information content (AvgIpc) is 3.07. The van der Waals surface area contributed by atoms with Crippen molar-refractivity contribution >= 4 is 17.2 Å². The van der Waals surface area contributed by atoms with Crippen LogP contribution in [0.3, 0.4) is 0 Å². The monoisotopic (exact) mass is 332 g/mol. The van der Waals surface area contributed by atoms with Crippen LogP contribution in [0.15, 0.2) is 29.2 Å². The Morgan fingerprint density at radius 1 is 1.30 bits per heavy atom. The molecule has 0 aromatic carbocycles. The number of allylic oxidation sites excluding steroid dienone is 1. The molecule has 3 rings (SSSR count). The molecule has 1 aliphatic carbocycles. The third-order valence-corrected chi connectivity index (χ3v) is 5.82. The minimum Gasteiger partial charge on any atom is -0.352 e. The second-order valence-electron chi connectivity index (χ2n) is 6.93. The van der Waals surface area contributed by atoms with Gasteiger partial charge in [-0.1, -0.05) is 18.1 Å². The van der Waals surface area contributed by atoms with Crippen molar-refractivity contribution < 1.29 is 4.79 Å². The van der Waals surface area contributed by atoms with E-state index in [1.807, 2.05) is 17.4 Å². The topological polar surface area (TPSA) is 32.3 Å². The summed E-state index contributed by atoms with van der Waals surface area (Å²) in [5.41, 5.74) is 1.34. The molecule has 0 bridgehead atoms. The molecule has 1 amide bonds. The summed E-state index contributed by atoms with van der Waals surface area (Å²) in [6, 6.07) is 4.34. The Bertz CT molecular complexity index is 515. The predicted octanol–water partition coefficient (Wildman–Crippen LogP) is 3.97. The SMILES string of the molecule is O=C(C=C1CCCCC1)NCC1CCCN(Cc2cccs2)C1. The molecule has 0 spiro atoms. The molecular weight excluding hydrogens is 304 g/mol. The van der Waals surface area contributed by atoms with E-state index >= 15 is 0 Å². The zero-order valence-electron chi connectivity index (χ0n) is 13.9. The maximum absolute atomic E-state index is 12.1. The second kappa shape index (κ2) is 8.65. The van der Waals surface area contributed by atoms with Crippen LogP contribution in [-0.4, -0.2) is 30.4 Å². The molecule has 1 saturated heterocycles. The number of hydrogen-bond donors (Lipinski definition) is 1. The van der Waals surface area contributed by atoms with E-state index in [9.17, 15) is 4.79 Å². The fourth-order valence-electron chi connectivity index (χ4n) is 3.72. The highest BCUT2D eigenvalue weighted by atomic mass is 32.1. The molecule has 0 radical (unpaired) electrons. The molecule has 1 aliphatic heterocycles. The fourth-order valence-corrected chi connectivity index (χ4v) is 4.46. The Kier molecular flexibility index (Phi) is 6.29. The van der Waals surface area contributed by atoms with Gasteiger partial charge in [-0.15, -0.1) is 11.3 Å². The molecule has 23 heavy (non-hydrogen) atoms. The Labute approximate surface area is 143 Å². The number of nitrogens with one attached hydrogen (secondary N) is 1. The van der Waals surface area contributed by atoms with Crippen LogP contribution in [0.25, 0.3) is 0 Å². The van der Waals surface area contributed by atoms with Gasteiger partial charge in [0.15, 0.2) is 0 Å². The summed E-state index contributed by atoms with van der Waals surface area (Å²) < 4.78 is 0. The summed E-state index contributed by atoms with van der Waals surface area (Å²) in [5, 5.41) is 5.29. The quantitative estimate of drug-likeness (QED) is 0.828. The van der Waals surface area contributed by atoms with Crippen molar-refractivity contribution in [1.82, 2.24) is 10.2 Å². The molecular formula is C19H28N2OS. The number of amides is 1. The van der Waals surface area contributed by atoms with E-state index in [1.54, 1.807) is 0 Å². The molecule has 3 nitrogen and oxygen atoms in total. The van der Waals surface area contributed by atoms with Gasteiger partial charge in [0, 0.05) is 30.6 Å². The van der Waals surface area contributed by atoms with Gasteiger partial charge >= 0.3 is 0 Å². The van der Waals surface area contributed by atoms with Gasteiger partial charge in [0.05, 0.1) is 0 Å². The number of nitrogens with zero attached hydrogens (tertiary/aromatic N) is 1. The predicted molar refractivity (Wildman–Crippen MR) is 96.5 cm³/mol.